The molecule has 1 fully saturated rings. The van der Waals surface area contributed by atoms with Gasteiger partial charge >= 0.3 is 0 Å². The molecule has 0 spiro atoms. The molecular weight excluding hydrogens is 392 g/mol. The minimum absolute atomic E-state index is 0.135. The number of halogens is 1. The first kappa shape index (κ1) is 19.1. The second-order valence-corrected chi connectivity index (χ2v) is 7.22. The summed E-state index contributed by atoms with van der Waals surface area (Å²) in [6.45, 7) is 0. The molecule has 0 saturated carbocycles. The van der Waals surface area contributed by atoms with Crippen molar-refractivity contribution in [2.45, 2.75) is 11.7 Å². The highest BCUT2D eigenvalue weighted by Crippen LogP contribution is 2.38. The number of nitrogens with one attached hydrogen (secondary N) is 1. The predicted octanol–water partition coefficient (Wildman–Crippen LogP) is 3.65. The van der Waals surface area contributed by atoms with E-state index < -0.39 is 22.3 Å². The van der Waals surface area contributed by atoms with Gasteiger partial charge in [-0.15, -0.1) is 0 Å². The lowest BCUT2D eigenvalue weighted by Crippen LogP contribution is -2.33. The van der Waals surface area contributed by atoms with Crippen molar-refractivity contribution in [2.75, 3.05) is 17.3 Å². The van der Waals surface area contributed by atoms with Crippen molar-refractivity contribution in [1.82, 2.24) is 0 Å². The van der Waals surface area contributed by atoms with Crippen LogP contribution in [0, 0.1) is 0 Å². The van der Waals surface area contributed by atoms with Gasteiger partial charge in [-0.05, 0) is 42.1 Å². The summed E-state index contributed by atoms with van der Waals surface area (Å²) in [5, 5.41) is 11.3. The van der Waals surface area contributed by atoms with E-state index in [4.69, 9.17) is 16.3 Å². The number of para-hydroxylation sites is 2. The highest BCUT2D eigenvalue weighted by molar-refractivity contribution is 8.15. The number of imide groups is 1. The summed E-state index contributed by atoms with van der Waals surface area (Å²) < 4.78 is 5.20. The maximum absolute atomic E-state index is 12.7. The number of benzene rings is 2. The zero-order valence-electron chi connectivity index (χ0n) is 14.1. The number of methoxy groups -OCH3 is 1. The van der Waals surface area contributed by atoms with Crippen LogP contribution in [0.4, 0.5) is 16.2 Å². The number of rotatable bonds is 5. The maximum Gasteiger partial charge on any atom is 0.293 e. The number of aromatic hydroxyl groups is 1. The van der Waals surface area contributed by atoms with Gasteiger partial charge in [0.2, 0.25) is 11.8 Å². The molecular formula is C18H15ClN2O5S. The summed E-state index contributed by atoms with van der Waals surface area (Å²) in [6.07, 6.45) is -0.229. The highest BCUT2D eigenvalue weighted by atomic mass is 35.5. The van der Waals surface area contributed by atoms with Crippen LogP contribution in [-0.2, 0) is 9.59 Å². The van der Waals surface area contributed by atoms with Gasteiger partial charge in [0.1, 0.15) is 16.7 Å². The fourth-order valence-electron chi connectivity index (χ4n) is 2.60. The van der Waals surface area contributed by atoms with E-state index in [1.54, 1.807) is 24.3 Å². The zero-order valence-corrected chi connectivity index (χ0v) is 15.7. The van der Waals surface area contributed by atoms with Crippen LogP contribution in [0.1, 0.15) is 6.42 Å². The molecule has 2 aromatic rings. The van der Waals surface area contributed by atoms with Crippen LogP contribution < -0.4 is 15.0 Å². The van der Waals surface area contributed by atoms with E-state index in [1.165, 1.54) is 25.3 Å². The third-order valence-corrected chi connectivity index (χ3v) is 5.12. The van der Waals surface area contributed by atoms with Crippen molar-refractivity contribution in [3.8, 4) is 11.5 Å². The molecule has 0 radical (unpaired) electrons. The molecule has 1 heterocycles. The second kappa shape index (κ2) is 7.89. The standard InChI is InChI=1S/C18H15ClN2O5S/c1-26-14-5-3-2-4-12(14)21-17(24)15(27-18(21)25)9-16(23)20-11-8-10(19)6-7-13(11)22/h2-8,15,22H,9H2,1H3,(H,20,23). The van der Waals surface area contributed by atoms with Gasteiger partial charge in [-0.3, -0.25) is 14.4 Å². The third kappa shape index (κ3) is 4.01. The average molecular weight is 407 g/mol. The van der Waals surface area contributed by atoms with Crippen LogP contribution in [0.15, 0.2) is 42.5 Å². The van der Waals surface area contributed by atoms with Crippen LogP contribution in [0.2, 0.25) is 5.02 Å². The fourth-order valence-corrected chi connectivity index (χ4v) is 3.75. The summed E-state index contributed by atoms with van der Waals surface area (Å²) in [6, 6.07) is 10.9. The third-order valence-electron chi connectivity index (χ3n) is 3.85. The van der Waals surface area contributed by atoms with Crippen LogP contribution in [0.5, 0.6) is 11.5 Å². The molecule has 1 atom stereocenters. The van der Waals surface area contributed by atoms with Gasteiger partial charge < -0.3 is 15.2 Å². The van der Waals surface area contributed by atoms with Crippen molar-refractivity contribution >= 4 is 51.8 Å². The summed E-state index contributed by atoms with van der Waals surface area (Å²) in [5.41, 5.74) is 0.466. The quantitative estimate of drug-likeness (QED) is 0.736. The first-order valence-corrected chi connectivity index (χ1v) is 9.12. The van der Waals surface area contributed by atoms with Crippen molar-refractivity contribution in [3.05, 3.63) is 47.5 Å². The Balaban J connectivity index is 1.73. The minimum Gasteiger partial charge on any atom is -0.506 e. The molecule has 140 valence electrons. The Bertz CT molecular complexity index is 920. The number of carbonyl (C=O) groups excluding carboxylic acids is 3. The molecule has 0 bridgehead atoms. The number of ether oxygens (including phenoxy) is 1. The average Bonchev–Trinajstić information content (AvgIpc) is 2.91. The summed E-state index contributed by atoms with van der Waals surface area (Å²) in [5.74, 6) is -0.785. The lowest BCUT2D eigenvalue weighted by molar-refractivity contribution is -0.121. The second-order valence-electron chi connectivity index (χ2n) is 5.63. The Morgan fingerprint density at radius 1 is 1.30 bits per heavy atom. The molecule has 1 aliphatic heterocycles. The molecule has 2 aromatic carbocycles. The Morgan fingerprint density at radius 3 is 2.78 bits per heavy atom. The van der Waals surface area contributed by atoms with Crippen molar-refractivity contribution < 1.29 is 24.2 Å². The Labute approximate surface area is 164 Å². The minimum atomic E-state index is -0.872. The van der Waals surface area contributed by atoms with Gasteiger partial charge in [-0.1, -0.05) is 23.7 Å². The fraction of sp³-hybridized carbons (Fsp3) is 0.167. The summed E-state index contributed by atoms with van der Waals surface area (Å²) in [7, 11) is 1.44. The van der Waals surface area contributed by atoms with Gasteiger partial charge in [-0.25, -0.2) is 4.90 Å². The van der Waals surface area contributed by atoms with E-state index in [1.807, 2.05) is 0 Å². The number of hydrogen-bond donors (Lipinski definition) is 2. The lowest BCUT2D eigenvalue weighted by atomic mass is 10.2. The largest absolute Gasteiger partial charge is 0.506 e. The van der Waals surface area contributed by atoms with Gasteiger partial charge in [0, 0.05) is 11.4 Å². The first-order chi connectivity index (χ1) is 12.9. The van der Waals surface area contributed by atoms with Crippen molar-refractivity contribution in [2.24, 2.45) is 0 Å². The van der Waals surface area contributed by atoms with Gasteiger partial charge in [-0.2, -0.15) is 0 Å². The topological polar surface area (TPSA) is 95.9 Å². The zero-order chi connectivity index (χ0) is 19.6. The van der Waals surface area contributed by atoms with Gasteiger partial charge in [0.25, 0.3) is 5.24 Å². The normalized spacial score (nSPS) is 16.5. The number of thioether (sulfide) groups is 1. The van der Waals surface area contributed by atoms with E-state index >= 15 is 0 Å². The number of nitrogens with zero attached hydrogens (tertiary/aromatic N) is 1. The number of hydrogen-bond acceptors (Lipinski definition) is 6. The number of phenols is 1. The highest BCUT2D eigenvalue weighted by Gasteiger charge is 2.42. The Morgan fingerprint density at radius 2 is 2.04 bits per heavy atom. The molecule has 9 heteroatoms. The number of phenolic OH excluding ortho intramolecular Hbond substituents is 1. The molecule has 1 unspecified atom stereocenters. The monoisotopic (exact) mass is 406 g/mol. The number of carbonyl (C=O) groups is 3. The molecule has 7 nitrogen and oxygen atoms in total. The number of amides is 3. The van der Waals surface area contributed by atoms with Crippen LogP contribution in [0.3, 0.4) is 0 Å². The van der Waals surface area contributed by atoms with Crippen LogP contribution >= 0.6 is 23.4 Å². The van der Waals surface area contributed by atoms with Crippen molar-refractivity contribution in [3.63, 3.8) is 0 Å². The number of anilines is 2. The Hall–Kier alpha value is -2.71. The SMILES string of the molecule is COc1ccccc1N1C(=O)SC(CC(=O)Nc2cc(Cl)ccc2O)C1=O. The van der Waals surface area contributed by atoms with E-state index in [-0.39, 0.29) is 17.9 Å². The predicted molar refractivity (Wildman–Crippen MR) is 104 cm³/mol. The molecule has 3 rings (SSSR count). The molecule has 1 saturated heterocycles. The van der Waals surface area contributed by atoms with Crippen LogP contribution in [-0.4, -0.2) is 34.5 Å². The van der Waals surface area contributed by atoms with E-state index in [9.17, 15) is 19.5 Å². The van der Waals surface area contributed by atoms with Crippen LogP contribution in [0.25, 0.3) is 0 Å². The van der Waals surface area contributed by atoms with Crippen molar-refractivity contribution in [1.29, 1.82) is 0 Å². The lowest BCUT2D eigenvalue weighted by Gasteiger charge is -2.17. The summed E-state index contributed by atoms with van der Waals surface area (Å²) in [4.78, 5) is 38.3. The summed E-state index contributed by atoms with van der Waals surface area (Å²) >= 11 is 6.62. The Kier molecular flexibility index (Phi) is 5.57. The van der Waals surface area contributed by atoms with E-state index in [0.717, 1.165) is 16.7 Å². The molecule has 0 aliphatic carbocycles. The van der Waals surface area contributed by atoms with E-state index in [2.05, 4.69) is 5.32 Å². The molecule has 27 heavy (non-hydrogen) atoms. The molecule has 3 amide bonds. The smallest absolute Gasteiger partial charge is 0.293 e. The maximum atomic E-state index is 12.7. The van der Waals surface area contributed by atoms with E-state index in [0.29, 0.717) is 16.5 Å². The van der Waals surface area contributed by atoms with Gasteiger partial charge in [0.05, 0.1) is 18.5 Å². The molecule has 0 aromatic heterocycles. The molecule has 1 aliphatic rings. The van der Waals surface area contributed by atoms with Gasteiger partial charge in [0.15, 0.2) is 0 Å². The molecule has 2 N–H and O–H groups in total. The first-order valence-electron chi connectivity index (χ1n) is 7.86.